The van der Waals surface area contributed by atoms with Gasteiger partial charge in [0.15, 0.2) is 0 Å². The van der Waals surface area contributed by atoms with E-state index in [1.807, 2.05) is 88.4 Å². The fourth-order valence-electron chi connectivity index (χ4n) is 4.99. The minimum atomic E-state index is -1.33. The lowest BCUT2D eigenvalue weighted by molar-refractivity contribution is -0.186. The van der Waals surface area contributed by atoms with Gasteiger partial charge < -0.3 is 39.1 Å². The summed E-state index contributed by atoms with van der Waals surface area (Å²) in [7, 11) is -2.66. The van der Waals surface area contributed by atoms with Crippen molar-refractivity contribution in [2.75, 3.05) is 26.8 Å². The molecule has 0 radical (unpaired) electrons. The molecule has 0 bridgehead atoms. The summed E-state index contributed by atoms with van der Waals surface area (Å²) in [5.74, 6) is -0.217. The molecule has 0 fully saturated rings. The highest BCUT2D eigenvalue weighted by Crippen LogP contribution is 2.24. The fraction of sp³-hybridized carbons (Fsp3) is 0.632. The number of carbonyl (C=O) groups excluding carboxylic acids is 2. The van der Waals surface area contributed by atoms with E-state index in [4.69, 9.17) is 28.4 Å². The molecule has 0 spiro atoms. The van der Waals surface area contributed by atoms with Crippen LogP contribution in [-0.4, -0.2) is 79.4 Å². The molecule has 12 heteroatoms. The summed E-state index contributed by atoms with van der Waals surface area (Å²) in [4.78, 5) is 26.5. The zero-order valence-electron chi connectivity index (χ0n) is 32.2. The molecule has 0 aliphatic carbocycles. The third-order valence-electron chi connectivity index (χ3n) is 8.14. The number of hydrogen-bond donors (Lipinski definition) is 2. The smallest absolute Gasteiger partial charge is 0.407 e. The van der Waals surface area contributed by atoms with Crippen LogP contribution < -0.4 is 10.6 Å². The minimum Gasteiger partial charge on any atom is -0.445 e. The Bertz CT molecular complexity index is 1130. The Balaban J connectivity index is 2.37. The van der Waals surface area contributed by atoms with Crippen molar-refractivity contribution in [1.29, 1.82) is 0 Å². The molecule has 10 nitrogen and oxygen atoms in total. The SMILES string of the molecule is CC(C)[C@@H](NC(=O)OCc1ccccc1)[C@H](OCOCC[Si](C)(C)C)[C@@H](OCOCC[Si](C)(C)C)[C@H](NC(=O)OCc1ccccc1)C(C)C. The summed E-state index contributed by atoms with van der Waals surface area (Å²) in [5.41, 5.74) is 1.75. The highest BCUT2D eigenvalue weighted by atomic mass is 28.3. The molecule has 0 heterocycles. The van der Waals surface area contributed by atoms with Gasteiger partial charge in [0.05, 0.1) is 12.1 Å². The molecule has 2 aromatic rings. The summed E-state index contributed by atoms with van der Waals surface area (Å²) >= 11 is 0. The molecule has 2 amide bonds. The number of hydrogen-bond acceptors (Lipinski definition) is 8. The predicted molar refractivity (Wildman–Crippen MR) is 204 cm³/mol. The van der Waals surface area contributed by atoms with Crippen molar-refractivity contribution in [2.45, 2.75) is 117 Å². The molecule has 0 aliphatic rings. The van der Waals surface area contributed by atoms with Crippen molar-refractivity contribution in [3.05, 3.63) is 71.8 Å². The fourth-order valence-corrected chi connectivity index (χ4v) is 6.51. The molecule has 2 aromatic carbocycles. The van der Waals surface area contributed by atoms with Gasteiger partial charge in [0, 0.05) is 29.4 Å². The Labute approximate surface area is 303 Å². The highest BCUT2D eigenvalue weighted by molar-refractivity contribution is 6.76. The van der Waals surface area contributed by atoms with Crippen molar-refractivity contribution in [2.24, 2.45) is 11.8 Å². The van der Waals surface area contributed by atoms with Gasteiger partial charge in [0.2, 0.25) is 0 Å². The number of benzene rings is 2. The standard InChI is InChI=1S/C38H64N2O8Si2/c1-29(2)33(39-37(41)45-25-31-17-13-11-14-18-31)35(47-27-43-21-23-49(5,6)7)36(48-28-44-22-24-50(8,9)10)34(30(3)4)40-38(42)46-26-32-19-15-12-16-20-32/h11-20,29-30,33-36H,21-28H2,1-10H3,(H,39,41)(H,40,42)/t33-,34-,35+,36+/m1/s1. The molecule has 2 rings (SSSR count). The van der Waals surface area contributed by atoms with Gasteiger partial charge >= 0.3 is 12.2 Å². The largest absolute Gasteiger partial charge is 0.445 e. The lowest BCUT2D eigenvalue weighted by Gasteiger charge is -2.40. The molecule has 0 aromatic heterocycles. The molecule has 4 atom stereocenters. The van der Waals surface area contributed by atoms with Gasteiger partial charge in [-0.1, -0.05) is 128 Å². The molecule has 0 aliphatic heterocycles. The number of nitrogens with one attached hydrogen (secondary N) is 2. The van der Waals surface area contributed by atoms with Gasteiger partial charge in [-0.2, -0.15) is 0 Å². The number of carbonyl (C=O) groups is 2. The first-order valence-corrected chi connectivity index (χ1v) is 25.3. The predicted octanol–water partition coefficient (Wildman–Crippen LogP) is 8.28. The monoisotopic (exact) mass is 732 g/mol. The lowest BCUT2D eigenvalue weighted by atomic mass is 9.87. The Morgan fingerprint density at radius 2 is 0.920 bits per heavy atom. The van der Waals surface area contributed by atoms with E-state index in [0.29, 0.717) is 13.2 Å². The zero-order valence-corrected chi connectivity index (χ0v) is 34.2. The zero-order chi connectivity index (χ0) is 37.2. The molecule has 0 saturated heterocycles. The molecular formula is C38H64N2O8Si2. The average molecular weight is 733 g/mol. The maximum absolute atomic E-state index is 13.3. The summed E-state index contributed by atoms with van der Waals surface area (Å²) in [6.07, 6.45) is -2.67. The second-order valence-electron chi connectivity index (χ2n) is 15.9. The van der Waals surface area contributed by atoms with E-state index in [1.54, 1.807) is 0 Å². The van der Waals surface area contributed by atoms with Crippen LogP contribution in [0, 0.1) is 11.8 Å². The third kappa shape index (κ3) is 18.5. The van der Waals surface area contributed by atoms with Crippen LogP contribution in [0.3, 0.4) is 0 Å². The molecular weight excluding hydrogens is 669 g/mol. The normalized spacial score (nSPS) is 14.6. The summed E-state index contributed by atoms with van der Waals surface area (Å²) < 4.78 is 36.3. The molecule has 0 saturated carbocycles. The Kier molecular flexibility index (Phi) is 19.3. The first kappa shape index (κ1) is 43.4. The van der Waals surface area contributed by atoms with Crippen LogP contribution >= 0.6 is 0 Å². The van der Waals surface area contributed by atoms with Crippen molar-refractivity contribution in [3.8, 4) is 0 Å². The topological polar surface area (TPSA) is 114 Å². The quantitative estimate of drug-likeness (QED) is 0.0667. The van der Waals surface area contributed by atoms with Gasteiger partial charge in [-0.15, -0.1) is 0 Å². The maximum Gasteiger partial charge on any atom is 0.407 e. The van der Waals surface area contributed by atoms with Gasteiger partial charge in [-0.3, -0.25) is 0 Å². The van der Waals surface area contributed by atoms with Gasteiger partial charge in [0.1, 0.15) is 39.0 Å². The average Bonchev–Trinajstić information content (AvgIpc) is 3.04. The highest BCUT2D eigenvalue weighted by Gasteiger charge is 2.41. The van der Waals surface area contributed by atoms with E-state index < -0.39 is 52.6 Å². The number of alkyl carbamates (subject to hydrolysis) is 2. The van der Waals surface area contributed by atoms with Crippen LogP contribution in [0.5, 0.6) is 0 Å². The van der Waals surface area contributed by atoms with Crippen LogP contribution in [0.25, 0.3) is 0 Å². The van der Waals surface area contributed by atoms with E-state index in [9.17, 15) is 9.59 Å². The Morgan fingerprint density at radius 1 is 0.580 bits per heavy atom. The lowest BCUT2D eigenvalue weighted by Crippen LogP contribution is -2.61. The van der Waals surface area contributed by atoms with Crippen LogP contribution in [0.1, 0.15) is 38.8 Å². The van der Waals surface area contributed by atoms with Crippen molar-refractivity contribution >= 4 is 28.3 Å². The van der Waals surface area contributed by atoms with Crippen molar-refractivity contribution < 1.29 is 38.0 Å². The summed E-state index contributed by atoms with van der Waals surface area (Å²) in [5, 5.41) is 6.11. The minimum absolute atomic E-state index is 0.0152. The molecule has 282 valence electrons. The Morgan fingerprint density at radius 3 is 1.22 bits per heavy atom. The second kappa shape index (κ2) is 22.2. The van der Waals surface area contributed by atoms with Crippen molar-refractivity contribution in [3.63, 3.8) is 0 Å². The van der Waals surface area contributed by atoms with E-state index in [0.717, 1.165) is 23.2 Å². The first-order valence-electron chi connectivity index (χ1n) is 17.9. The van der Waals surface area contributed by atoms with Gasteiger partial charge in [0.25, 0.3) is 0 Å². The Hall–Kier alpha value is -2.75. The summed E-state index contributed by atoms with van der Waals surface area (Å²) in [6, 6.07) is 19.8. The molecule has 50 heavy (non-hydrogen) atoms. The van der Waals surface area contributed by atoms with E-state index in [1.165, 1.54) is 0 Å². The van der Waals surface area contributed by atoms with Crippen LogP contribution in [-0.2, 0) is 41.6 Å². The van der Waals surface area contributed by atoms with E-state index >= 15 is 0 Å². The number of ether oxygens (including phenoxy) is 6. The first-order chi connectivity index (χ1) is 23.6. The van der Waals surface area contributed by atoms with E-state index in [-0.39, 0.29) is 38.6 Å². The second-order valence-corrected chi connectivity index (χ2v) is 27.1. The number of amides is 2. The number of rotatable bonds is 23. The third-order valence-corrected chi connectivity index (χ3v) is 11.6. The summed E-state index contributed by atoms with van der Waals surface area (Å²) in [6.45, 7) is 23.1. The van der Waals surface area contributed by atoms with Crippen LogP contribution in [0.2, 0.25) is 51.4 Å². The maximum atomic E-state index is 13.3. The van der Waals surface area contributed by atoms with Gasteiger partial charge in [-0.05, 0) is 35.1 Å². The van der Waals surface area contributed by atoms with Crippen LogP contribution in [0.15, 0.2) is 60.7 Å². The molecule has 2 N–H and O–H groups in total. The van der Waals surface area contributed by atoms with E-state index in [2.05, 4.69) is 49.9 Å². The van der Waals surface area contributed by atoms with Crippen LogP contribution in [0.4, 0.5) is 9.59 Å². The molecule has 0 unspecified atom stereocenters. The van der Waals surface area contributed by atoms with Gasteiger partial charge in [-0.25, -0.2) is 9.59 Å². The van der Waals surface area contributed by atoms with Crippen molar-refractivity contribution in [1.82, 2.24) is 10.6 Å².